The van der Waals surface area contributed by atoms with Gasteiger partial charge in [-0.25, -0.2) is 0 Å². The molecule has 0 aromatic carbocycles. The van der Waals surface area contributed by atoms with Crippen molar-refractivity contribution < 1.29 is 4.79 Å². The summed E-state index contributed by atoms with van der Waals surface area (Å²) in [5, 5.41) is 0.670. The lowest BCUT2D eigenvalue weighted by molar-refractivity contribution is -0.127. The van der Waals surface area contributed by atoms with Gasteiger partial charge in [0.25, 0.3) is 0 Å². The fourth-order valence-corrected chi connectivity index (χ4v) is 4.85. The number of rotatable bonds is 3. The first-order chi connectivity index (χ1) is 5.96. The van der Waals surface area contributed by atoms with Gasteiger partial charge in [0.1, 0.15) is 5.78 Å². The van der Waals surface area contributed by atoms with Crippen LogP contribution in [0.2, 0.25) is 0 Å². The predicted molar refractivity (Wildman–Crippen MR) is 62.1 cm³/mol. The van der Waals surface area contributed by atoms with E-state index in [-0.39, 0.29) is 5.41 Å². The van der Waals surface area contributed by atoms with Gasteiger partial charge in [0.05, 0.1) is 0 Å². The number of hydrogen-bond donors (Lipinski definition) is 0. The topological polar surface area (TPSA) is 17.1 Å². The zero-order valence-electron chi connectivity index (χ0n) is 8.79. The van der Waals surface area contributed by atoms with Gasteiger partial charge in [-0.1, -0.05) is 42.4 Å². The number of ketones is 1. The van der Waals surface area contributed by atoms with Crippen LogP contribution < -0.4 is 0 Å². The molecule has 13 heavy (non-hydrogen) atoms. The fourth-order valence-electron chi connectivity index (χ4n) is 1.47. The third-order valence-corrected chi connectivity index (χ3v) is 6.36. The van der Waals surface area contributed by atoms with Crippen molar-refractivity contribution in [1.82, 2.24) is 0 Å². The molecule has 1 heterocycles. The molecule has 1 aliphatic rings. The van der Waals surface area contributed by atoms with Crippen LogP contribution in [-0.4, -0.2) is 16.8 Å². The third kappa shape index (κ3) is 2.44. The summed E-state index contributed by atoms with van der Waals surface area (Å²) in [7, 11) is 3.90. The minimum absolute atomic E-state index is 0.150. The molecule has 0 aromatic rings. The molecule has 0 aromatic heterocycles. The summed E-state index contributed by atoms with van der Waals surface area (Å²) in [5.74, 6) is 2.05. The molecule has 2 atom stereocenters. The van der Waals surface area contributed by atoms with Gasteiger partial charge in [-0.2, -0.15) is 0 Å². The van der Waals surface area contributed by atoms with Crippen molar-refractivity contribution in [3.8, 4) is 0 Å². The van der Waals surface area contributed by atoms with Gasteiger partial charge in [-0.05, 0) is 19.3 Å². The minimum atomic E-state index is -0.150. The lowest BCUT2D eigenvalue weighted by Gasteiger charge is -2.32. The number of Topliss-reactive ketones (excluding diaryl/α,β-unsaturated/α-hetero) is 1. The quantitative estimate of drug-likeness (QED) is 0.676. The normalized spacial score (nSPS) is 26.0. The maximum atomic E-state index is 11.4. The van der Waals surface area contributed by atoms with E-state index in [0.29, 0.717) is 17.0 Å². The Balaban J connectivity index is 2.64. The van der Waals surface area contributed by atoms with Gasteiger partial charge in [-0.15, -0.1) is 0 Å². The highest BCUT2D eigenvalue weighted by molar-refractivity contribution is 8.77. The number of hydrogen-bond acceptors (Lipinski definition) is 3. The zero-order valence-corrected chi connectivity index (χ0v) is 10.4. The lowest BCUT2D eigenvalue weighted by Crippen LogP contribution is -2.34. The Hall–Kier alpha value is 0.370. The van der Waals surface area contributed by atoms with Gasteiger partial charge < -0.3 is 0 Å². The van der Waals surface area contributed by atoms with E-state index in [2.05, 4.69) is 20.8 Å². The van der Waals surface area contributed by atoms with Crippen LogP contribution in [0.4, 0.5) is 0 Å². The van der Waals surface area contributed by atoms with Crippen LogP contribution in [0.15, 0.2) is 0 Å². The van der Waals surface area contributed by atoms with Gasteiger partial charge in [-0.3, -0.25) is 4.79 Å². The molecule has 0 saturated carbocycles. The minimum Gasteiger partial charge on any atom is -0.299 e. The summed E-state index contributed by atoms with van der Waals surface area (Å²) in [5.41, 5.74) is -0.150. The third-order valence-electron chi connectivity index (χ3n) is 3.28. The van der Waals surface area contributed by atoms with Crippen molar-refractivity contribution in [3.63, 3.8) is 0 Å². The molecule has 0 spiro atoms. The first-order valence-electron chi connectivity index (χ1n) is 4.75. The van der Waals surface area contributed by atoms with Crippen LogP contribution in [0.1, 0.15) is 34.1 Å². The van der Waals surface area contributed by atoms with E-state index >= 15 is 0 Å². The second-order valence-electron chi connectivity index (χ2n) is 4.31. The van der Waals surface area contributed by atoms with E-state index in [9.17, 15) is 4.79 Å². The molecule has 1 saturated heterocycles. The van der Waals surface area contributed by atoms with E-state index in [4.69, 9.17) is 0 Å². The highest BCUT2D eigenvalue weighted by Crippen LogP contribution is 2.46. The van der Waals surface area contributed by atoms with E-state index in [0.717, 1.165) is 0 Å². The lowest BCUT2D eigenvalue weighted by atomic mass is 9.74. The number of carbonyl (C=O) groups excluding carboxylic acids is 1. The SMILES string of the molecule is CC(=O)C(C)(C)C(C)C1CCSS1. The highest BCUT2D eigenvalue weighted by atomic mass is 33.1. The van der Waals surface area contributed by atoms with E-state index in [1.807, 2.05) is 21.6 Å². The molecular formula is C10H18OS2. The van der Waals surface area contributed by atoms with Crippen LogP contribution in [-0.2, 0) is 4.79 Å². The van der Waals surface area contributed by atoms with Crippen LogP contribution >= 0.6 is 21.6 Å². The Kier molecular flexibility index (Phi) is 3.75. The maximum Gasteiger partial charge on any atom is 0.135 e. The molecule has 1 nitrogen and oxygen atoms in total. The van der Waals surface area contributed by atoms with E-state index < -0.39 is 0 Å². The van der Waals surface area contributed by atoms with Crippen molar-refractivity contribution in [3.05, 3.63) is 0 Å². The maximum absolute atomic E-state index is 11.4. The molecular weight excluding hydrogens is 200 g/mol. The molecule has 1 rings (SSSR count). The van der Waals surface area contributed by atoms with Gasteiger partial charge in [0.15, 0.2) is 0 Å². The first kappa shape index (κ1) is 11.4. The standard InChI is InChI=1S/C10H18OS2/c1-7(9-5-6-12-13-9)10(3,4)8(2)11/h7,9H,5-6H2,1-4H3. The largest absolute Gasteiger partial charge is 0.299 e. The highest BCUT2D eigenvalue weighted by Gasteiger charge is 2.37. The summed E-state index contributed by atoms with van der Waals surface area (Å²) in [6, 6.07) is 0. The fraction of sp³-hybridized carbons (Fsp3) is 0.900. The van der Waals surface area contributed by atoms with E-state index in [1.165, 1.54) is 12.2 Å². The molecule has 1 fully saturated rings. The zero-order chi connectivity index (χ0) is 10.1. The molecule has 0 N–H and O–H groups in total. The van der Waals surface area contributed by atoms with Crippen molar-refractivity contribution in [2.24, 2.45) is 11.3 Å². The Morgan fingerprint density at radius 1 is 1.54 bits per heavy atom. The van der Waals surface area contributed by atoms with Gasteiger partial charge in [0.2, 0.25) is 0 Å². The Labute approximate surface area is 88.8 Å². The summed E-state index contributed by atoms with van der Waals surface area (Å²) >= 11 is 0. The second-order valence-corrected chi connectivity index (χ2v) is 7.04. The molecule has 1 aliphatic heterocycles. The summed E-state index contributed by atoms with van der Waals surface area (Å²) < 4.78 is 0. The van der Waals surface area contributed by atoms with Crippen molar-refractivity contribution in [1.29, 1.82) is 0 Å². The smallest absolute Gasteiger partial charge is 0.135 e. The van der Waals surface area contributed by atoms with Crippen molar-refractivity contribution in [2.75, 3.05) is 5.75 Å². The average Bonchev–Trinajstić information content (AvgIpc) is 2.54. The van der Waals surface area contributed by atoms with Crippen molar-refractivity contribution in [2.45, 2.75) is 39.4 Å². The average molecular weight is 218 g/mol. The number of carbonyl (C=O) groups is 1. The summed E-state index contributed by atoms with van der Waals surface area (Å²) in [4.78, 5) is 11.4. The second kappa shape index (κ2) is 4.26. The van der Waals surface area contributed by atoms with Gasteiger partial charge >= 0.3 is 0 Å². The van der Waals surface area contributed by atoms with Crippen molar-refractivity contribution >= 4 is 27.4 Å². The molecule has 0 bridgehead atoms. The van der Waals surface area contributed by atoms with Crippen LogP contribution in [0.3, 0.4) is 0 Å². The molecule has 76 valence electrons. The Bertz CT molecular complexity index is 195. The molecule has 0 radical (unpaired) electrons. The summed E-state index contributed by atoms with van der Waals surface area (Å²) in [6.07, 6.45) is 1.26. The first-order valence-corrected chi connectivity index (χ1v) is 7.13. The molecule has 3 heteroatoms. The van der Waals surface area contributed by atoms with Crippen LogP contribution in [0.25, 0.3) is 0 Å². The molecule has 2 unspecified atom stereocenters. The summed E-state index contributed by atoms with van der Waals surface area (Å²) in [6.45, 7) is 8.07. The van der Waals surface area contributed by atoms with E-state index in [1.54, 1.807) is 6.92 Å². The monoisotopic (exact) mass is 218 g/mol. The van der Waals surface area contributed by atoms with Crippen LogP contribution in [0.5, 0.6) is 0 Å². The van der Waals surface area contributed by atoms with Crippen LogP contribution in [0, 0.1) is 11.3 Å². The van der Waals surface area contributed by atoms with Gasteiger partial charge in [0, 0.05) is 16.4 Å². The molecule has 0 amide bonds. The molecule has 0 aliphatic carbocycles. The predicted octanol–water partition coefficient (Wildman–Crippen LogP) is 3.39. The Morgan fingerprint density at radius 2 is 2.15 bits per heavy atom. The Morgan fingerprint density at radius 3 is 2.54 bits per heavy atom.